The van der Waals surface area contributed by atoms with E-state index in [0.29, 0.717) is 25.8 Å². The average Bonchev–Trinajstić information content (AvgIpc) is 3.00. The van der Waals surface area contributed by atoms with Gasteiger partial charge in [-0.25, -0.2) is 0 Å². The van der Waals surface area contributed by atoms with Gasteiger partial charge in [-0.1, -0.05) is 0 Å². The summed E-state index contributed by atoms with van der Waals surface area (Å²) >= 11 is 0. The minimum absolute atomic E-state index is 0.138. The zero-order valence-electron chi connectivity index (χ0n) is 13.6. The molecule has 2 amide bonds. The van der Waals surface area contributed by atoms with Crippen LogP contribution in [0.4, 0.5) is 13.2 Å². The van der Waals surface area contributed by atoms with Crippen LogP contribution < -0.4 is 5.32 Å². The van der Waals surface area contributed by atoms with Crippen molar-refractivity contribution in [3.05, 3.63) is 29.6 Å². The molecule has 9 heteroatoms. The van der Waals surface area contributed by atoms with Gasteiger partial charge < -0.3 is 15.0 Å². The van der Waals surface area contributed by atoms with Gasteiger partial charge in [-0.2, -0.15) is 13.2 Å². The number of nitrogens with one attached hydrogen (secondary N) is 1. The summed E-state index contributed by atoms with van der Waals surface area (Å²) < 4.78 is 43.9. The van der Waals surface area contributed by atoms with Crippen molar-refractivity contribution in [3.63, 3.8) is 0 Å². The Hall–Kier alpha value is -2.16. The van der Waals surface area contributed by atoms with E-state index < -0.39 is 23.1 Å². The van der Waals surface area contributed by atoms with Crippen LogP contribution in [0, 0.1) is 11.3 Å². The number of ether oxygens (including phenoxy) is 1. The lowest BCUT2D eigenvalue weighted by atomic mass is 9.73. The molecular formula is C16H18F3N3O3. The summed E-state index contributed by atoms with van der Waals surface area (Å²) in [6, 6.07) is 0.792. The molecule has 3 heterocycles. The molecule has 2 aliphatic rings. The van der Waals surface area contributed by atoms with E-state index in [-0.39, 0.29) is 30.5 Å². The van der Waals surface area contributed by atoms with Gasteiger partial charge in [0.1, 0.15) is 0 Å². The molecule has 1 aromatic heterocycles. The van der Waals surface area contributed by atoms with Gasteiger partial charge in [0.15, 0.2) is 0 Å². The molecular weight excluding hydrogens is 339 g/mol. The number of rotatable bonds is 2. The van der Waals surface area contributed by atoms with Crippen molar-refractivity contribution >= 4 is 11.8 Å². The summed E-state index contributed by atoms with van der Waals surface area (Å²) in [6.45, 7) is 1.19. The number of hydrogen-bond acceptors (Lipinski definition) is 4. The van der Waals surface area contributed by atoms with Crippen molar-refractivity contribution < 1.29 is 27.5 Å². The number of likely N-dealkylation sites (tertiary alicyclic amines) is 1. The van der Waals surface area contributed by atoms with Gasteiger partial charge in [0.25, 0.3) is 5.91 Å². The van der Waals surface area contributed by atoms with E-state index in [1.165, 1.54) is 11.9 Å². The van der Waals surface area contributed by atoms with Gasteiger partial charge in [0.2, 0.25) is 5.91 Å². The Balaban J connectivity index is 1.86. The summed E-state index contributed by atoms with van der Waals surface area (Å²) in [5, 5.41) is 2.63. The molecule has 0 aromatic carbocycles. The van der Waals surface area contributed by atoms with Crippen LogP contribution in [-0.2, 0) is 15.7 Å². The number of carbonyl (C=O) groups is 2. The highest BCUT2D eigenvalue weighted by Crippen LogP contribution is 2.43. The number of alkyl halides is 3. The molecule has 1 N–H and O–H groups in total. The summed E-state index contributed by atoms with van der Waals surface area (Å²) in [5.41, 5.74) is -1.86. The van der Waals surface area contributed by atoms with Gasteiger partial charge in [-0.05, 0) is 12.5 Å². The second-order valence-corrected chi connectivity index (χ2v) is 6.40. The van der Waals surface area contributed by atoms with Crippen LogP contribution in [0.3, 0.4) is 0 Å². The van der Waals surface area contributed by atoms with Gasteiger partial charge in [-0.15, -0.1) is 0 Å². The first kappa shape index (κ1) is 17.7. The molecule has 136 valence electrons. The standard InChI is InChI=1S/C16H18F3N3O3/c1-20-14(24)15-2-3-25-8-12(15)7-22(9-15)13(23)10-4-11(6-21-5-10)16(17,18)19/h4-6,12H,2-3,7-9H2,1H3,(H,20,24)/t12-,15+/m1/s1. The first-order chi connectivity index (χ1) is 11.8. The van der Waals surface area contributed by atoms with Crippen molar-refractivity contribution in [2.75, 3.05) is 33.4 Å². The van der Waals surface area contributed by atoms with Crippen LogP contribution in [-0.4, -0.2) is 55.0 Å². The molecule has 3 rings (SSSR count). The fourth-order valence-electron chi connectivity index (χ4n) is 3.62. The van der Waals surface area contributed by atoms with Crippen molar-refractivity contribution in [2.45, 2.75) is 12.6 Å². The van der Waals surface area contributed by atoms with Gasteiger partial charge in [0.05, 0.1) is 23.1 Å². The Morgan fingerprint density at radius 1 is 1.40 bits per heavy atom. The first-order valence-electron chi connectivity index (χ1n) is 7.89. The third kappa shape index (κ3) is 3.08. The van der Waals surface area contributed by atoms with E-state index in [1.54, 1.807) is 0 Å². The zero-order chi connectivity index (χ0) is 18.2. The molecule has 1 aromatic rings. The lowest BCUT2D eigenvalue weighted by Gasteiger charge is -2.36. The predicted octanol–water partition coefficient (Wildman–Crippen LogP) is 1.33. The molecule has 25 heavy (non-hydrogen) atoms. The fraction of sp³-hybridized carbons (Fsp3) is 0.562. The largest absolute Gasteiger partial charge is 0.417 e. The minimum Gasteiger partial charge on any atom is -0.381 e. The molecule has 0 aliphatic carbocycles. The number of hydrogen-bond donors (Lipinski definition) is 1. The summed E-state index contributed by atoms with van der Waals surface area (Å²) in [4.78, 5) is 30.0. The smallest absolute Gasteiger partial charge is 0.381 e. The van der Waals surface area contributed by atoms with E-state index in [9.17, 15) is 22.8 Å². The van der Waals surface area contributed by atoms with Crippen LogP contribution in [0.2, 0.25) is 0 Å². The Kier molecular flexibility index (Phi) is 4.44. The Morgan fingerprint density at radius 3 is 2.84 bits per heavy atom. The maximum Gasteiger partial charge on any atom is 0.417 e. The number of fused-ring (bicyclic) bond motifs is 1. The lowest BCUT2D eigenvalue weighted by molar-refractivity contribution is -0.139. The van der Waals surface area contributed by atoms with Crippen molar-refractivity contribution in [3.8, 4) is 0 Å². The van der Waals surface area contributed by atoms with E-state index in [2.05, 4.69) is 10.3 Å². The molecule has 0 unspecified atom stereocenters. The van der Waals surface area contributed by atoms with Crippen LogP contribution in [0.25, 0.3) is 0 Å². The maximum atomic E-state index is 12.8. The second-order valence-electron chi connectivity index (χ2n) is 6.40. The molecule has 0 bridgehead atoms. The van der Waals surface area contributed by atoms with Crippen molar-refractivity contribution in [1.82, 2.24) is 15.2 Å². The topological polar surface area (TPSA) is 71.5 Å². The monoisotopic (exact) mass is 357 g/mol. The lowest BCUT2D eigenvalue weighted by Crippen LogP contribution is -2.49. The van der Waals surface area contributed by atoms with E-state index in [1.807, 2.05) is 0 Å². The zero-order valence-corrected chi connectivity index (χ0v) is 13.6. The van der Waals surface area contributed by atoms with E-state index in [4.69, 9.17) is 4.74 Å². The number of halogens is 3. The number of amides is 2. The second kappa shape index (κ2) is 6.29. The third-order valence-electron chi connectivity index (χ3n) is 4.99. The highest BCUT2D eigenvalue weighted by Gasteiger charge is 2.54. The highest BCUT2D eigenvalue weighted by molar-refractivity contribution is 5.95. The minimum atomic E-state index is -4.57. The van der Waals surface area contributed by atoms with Crippen LogP contribution in [0.1, 0.15) is 22.3 Å². The molecule has 0 radical (unpaired) electrons. The Bertz CT molecular complexity index is 695. The van der Waals surface area contributed by atoms with E-state index in [0.717, 1.165) is 12.3 Å². The summed E-state index contributed by atoms with van der Waals surface area (Å²) in [5.74, 6) is -0.904. The summed E-state index contributed by atoms with van der Waals surface area (Å²) in [6.07, 6.45) is -2.30. The van der Waals surface area contributed by atoms with Crippen molar-refractivity contribution in [1.29, 1.82) is 0 Å². The SMILES string of the molecule is CNC(=O)[C@]12CCOC[C@H]1CN(C(=O)c1cncc(C(F)(F)F)c1)C2. The number of nitrogens with zero attached hydrogens (tertiary/aromatic N) is 2. The molecule has 2 saturated heterocycles. The molecule has 0 saturated carbocycles. The Morgan fingerprint density at radius 2 is 2.16 bits per heavy atom. The number of carbonyl (C=O) groups excluding carboxylic acids is 2. The van der Waals surface area contributed by atoms with E-state index >= 15 is 0 Å². The molecule has 0 spiro atoms. The Labute approximate surface area is 142 Å². The van der Waals surface area contributed by atoms with Gasteiger partial charge >= 0.3 is 6.18 Å². The molecule has 2 fully saturated rings. The van der Waals surface area contributed by atoms with Crippen LogP contribution in [0.15, 0.2) is 18.5 Å². The average molecular weight is 357 g/mol. The fourth-order valence-corrected chi connectivity index (χ4v) is 3.62. The molecule has 2 aliphatic heterocycles. The predicted molar refractivity (Wildman–Crippen MR) is 80.6 cm³/mol. The van der Waals surface area contributed by atoms with Crippen LogP contribution >= 0.6 is 0 Å². The van der Waals surface area contributed by atoms with Crippen LogP contribution in [0.5, 0.6) is 0 Å². The maximum absolute atomic E-state index is 12.8. The quantitative estimate of drug-likeness (QED) is 0.867. The number of pyridine rings is 1. The normalized spacial score (nSPS) is 26.2. The highest BCUT2D eigenvalue weighted by atomic mass is 19.4. The summed E-state index contributed by atoms with van der Waals surface area (Å²) in [7, 11) is 1.53. The molecule has 6 nitrogen and oxygen atoms in total. The first-order valence-corrected chi connectivity index (χ1v) is 7.89. The van der Waals surface area contributed by atoms with Gasteiger partial charge in [-0.3, -0.25) is 14.6 Å². The molecule has 2 atom stereocenters. The van der Waals surface area contributed by atoms with Crippen molar-refractivity contribution in [2.24, 2.45) is 11.3 Å². The number of aromatic nitrogens is 1. The third-order valence-corrected chi connectivity index (χ3v) is 4.99. The van der Waals surface area contributed by atoms with Gasteiger partial charge in [0, 0.05) is 45.1 Å².